The first kappa shape index (κ1) is 14.0. The summed E-state index contributed by atoms with van der Waals surface area (Å²) >= 11 is 1.67. The lowest BCUT2D eigenvalue weighted by Gasteiger charge is -2.08. The average molecular weight is 299 g/mol. The van der Waals surface area contributed by atoms with Gasteiger partial charge in [-0.2, -0.15) is 0 Å². The number of aryl methyl sites for hydroxylation is 1. The molecule has 0 aliphatic heterocycles. The third-order valence-corrected chi connectivity index (χ3v) is 4.58. The number of hydrogen-bond acceptors (Lipinski definition) is 5. The smallest absolute Gasteiger partial charge is 0.138 e. The van der Waals surface area contributed by atoms with Gasteiger partial charge in [-0.25, -0.2) is 9.97 Å². The molecule has 21 heavy (non-hydrogen) atoms. The molecule has 0 unspecified atom stereocenters. The van der Waals surface area contributed by atoms with Crippen molar-refractivity contribution in [3.63, 3.8) is 0 Å². The molecular weight excluding hydrogens is 282 g/mol. The van der Waals surface area contributed by atoms with E-state index in [0.29, 0.717) is 6.54 Å². The number of rotatable bonds is 4. The van der Waals surface area contributed by atoms with E-state index in [2.05, 4.69) is 34.3 Å². The molecule has 4 nitrogen and oxygen atoms in total. The van der Waals surface area contributed by atoms with E-state index in [9.17, 15) is 5.11 Å². The Bertz CT molecular complexity index is 753. The van der Waals surface area contributed by atoms with E-state index >= 15 is 0 Å². The summed E-state index contributed by atoms with van der Waals surface area (Å²) < 4.78 is 0. The van der Waals surface area contributed by atoms with Gasteiger partial charge in [0.15, 0.2) is 0 Å². The topological polar surface area (TPSA) is 58.0 Å². The summed E-state index contributed by atoms with van der Waals surface area (Å²) in [4.78, 5) is 10.9. The first-order valence-corrected chi connectivity index (χ1v) is 7.70. The molecule has 0 spiro atoms. The van der Waals surface area contributed by atoms with Crippen molar-refractivity contribution in [2.75, 3.05) is 11.9 Å². The first-order chi connectivity index (χ1) is 10.2. The van der Waals surface area contributed by atoms with Crippen LogP contribution in [0.1, 0.15) is 12.5 Å². The molecule has 3 rings (SSSR count). The fourth-order valence-electron chi connectivity index (χ4n) is 2.31. The van der Waals surface area contributed by atoms with Crippen LogP contribution in [0, 0.1) is 6.92 Å². The minimum atomic E-state index is -0.414. The molecule has 5 heteroatoms. The second-order valence-corrected chi connectivity index (χ2v) is 6.05. The Labute approximate surface area is 127 Å². The highest BCUT2D eigenvalue weighted by Gasteiger charge is 2.15. The van der Waals surface area contributed by atoms with Crippen molar-refractivity contribution in [3.8, 4) is 10.4 Å². The van der Waals surface area contributed by atoms with Crippen LogP contribution >= 0.6 is 11.3 Å². The summed E-state index contributed by atoms with van der Waals surface area (Å²) in [6.45, 7) is 4.32. The molecule has 0 bridgehead atoms. The van der Waals surface area contributed by atoms with Crippen LogP contribution in [-0.4, -0.2) is 27.7 Å². The summed E-state index contributed by atoms with van der Waals surface area (Å²) in [5, 5.41) is 13.7. The lowest BCUT2D eigenvalue weighted by molar-refractivity contribution is 0.208. The van der Waals surface area contributed by atoms with Gasteiger partial charge in [-0.3, -0.25) is 0 Å². The summed E-state index contributed by atoms with van der Waals surface area (Å²) in [7, 11) is 0. The zero-order chi connectivity index (χ0) is 14.8. The molecule has 0 aliphatic rings. The van der Waals surface area contributed by atoms with E-state index in [1.807, 2.05) is 18.2 Å². The van der Waals surface area contributed by atoms with E-state index in [0.717, 1.165) is 16.0 Å². The van der Waals surface area contributed by atoms with Crippen molar-refractivity contribution in [1.29, 1.82) is 0 Å². The maximum Gasteiger partial charge on any atom is 0.138 e. The van der Waals surface area contributed by atoms with Crippen molar-refractivity contribution in [1.82, 2.24) is 9.97 Å². The second kappa shape index (κ2) is 5.79. The predicted octanol–water partition coefficient (Wildman–Crippen LogP) is 3.46. The minimum absolute atomic E-state index is 0.414. The Balaban J connectivity index is 2.10. The van der Waals surface area contributed by atoms with Crippen LogP contribution < -0.4 is 5.32 Å². The molecule has 1 aromatic carbocycles. The Kier molecular flexibility index (Phi) is 3.86. The van der Waals surface area contributed by atoms with Gasteiger partial charge in [0.05, 0.1) is 11.5 Å². The van der Waals surface area contributed by atoms with Crippen molar-refractivity contribution in [2.24, 2.45) is 0 Å². The molecular formula is C16H17N3OS. The molecule has 3 aromatic rings. The quantitative estimate of drug-likeness (QED) is 0.774. The number of aliphatic hydroxyl groups excluding tert-OH is 1. The van der Waals surface area contributed by atoms with Gasteiger partial charge in [0.2, 0.25) is 0 Å². The number of aromatic nitrogens is 2. The SMILES string of the molecule is Cc1c(-c2ccccc2)sc2ncnc(NC[C@H](C)O)c12. The monoisotopic (exact) mass is 299 g/mol. The normalized spacial score (nSPS) is 12.5. The molecule has 0 saturated carbocycles. The predicted molar refractivity (Wildman–Crippen MR) is 87.8 cm³/mol. The summed E-state index contributed by atoms with van der Waals surface area (Å²) in [5.74, 6) is 0.789. The Morgan fingerprint density at radius 3 is 2.71 bits per heavy atom. The van der Waals surface area contributed by atoms with E-state index in [4.69, 9.17) is 0 Å². The van der Waals surface area contributed by atoms with Crippen LogP contribution in [0.5, 0.6) is 0 Å². The van der Waals surface area contributed by atoms with Gasteiger partial charge in [-0.15, -0.1) is 11.3 Å². The Morgan fingerprint density at radius 2 is 2.00 bits per heavy atom. The number of anilines is 1. The fraction of sp³-hybridized carbons (Fsp3) is 0.250. The van der Waals surface area contributed by atoms with Crippen LogP contribution in [0.25, 0.3) is 20.7 Å². The third-order valence-electron chi connectivity index (χ3n) is 3.33. The summed E-state index contributed by atoms with van der Waals surface area (Å²) in [6.07, 6.45) is 1.15. The van der Waals surface area contributed by atoms with E-state index < -0.39 is 6.10 Å². The van der Waals surface area contributed by atoms with Gasteiger partial charge in [-0.05, 0) is 25.0 Å². The van der Waals surface area contributed by atoms with Gasteiger partial charge in [0.25, 0.3) is 0 Å². The van der Waals surface area contributed by atoms with E-state index in [1.165, 1.54) is 16.0 Å². The molecule has 108 valence electrons. The standard InChI is InChI=1S/C16H17N3OS/c1-10(20)8-17-15-13-11(2)14(12-6-4-3-5-7-12)21-16(13)19-9-18-15/h3-7,9-10,20H,8H2,1-2H3,(H,17,18,19)/t10-/m0/s1. The molecule has 2 aromatic heterocycles. The van der Waals surface area contributed by atoms with Crippen LogP contribution in [0.15, 0.2) is 36.7 Å². The molecule has 0 radical (unpaired) electrons. The van der Waals surface area contributed by atoms with Gasteiger partial charge < -0.3 is 10.4 Å². The summed E-state index contributed by atoms with van der Waals surface area (Å²) in [5.41, 5.74) is 2.37. The van der Waals surface area contributed by atoms with Crippen molar-refractivity contribution in [2.45, 2.75) is 20.0 Å². The Hall–Kier alpha value is -1.98. The highest BCUT2D eigenvalue weighted by molar-refractivity contribution is 7.22. The van der Waals surface area contributed by atoms with Crippen LogP contribution in [0.2, 0.25) is 0 Å². The molecule has 1 atom stereocenters. The number of thiophene rings is 1. The number of nitrogens with one attached hydrogen (secondary N) is 1. The van der Waals surface area contributed by atoms with Crippen LogP contribution in [-0.2, 0) is 0 Å². The molecule has 0 amide bonds. The van der Waals surface area contributed by atoms with Gasteiger partial charge >= 0.3 is 0 Å². The maximum absolute atomic E-state index is 9.43. The zero-order valence-electron chi connectivity index (χ0n) is 12.0. The number of hydrogen-bond donors (Lipinski definition) is 2. The van der Waals surface area contributed by atoms with Crippen molar-refractivity contribution in [3.05, 3.63) is 42.2 Å². The number of aliphatic hydroxyl groups is 1. The van der Waals surface area contributed by atoms with Crippen molar-refractivity contribution < 1.29 is 5.11 Å². The molecule has 0 saturated heterocycles. The lowest BCUT2D eigenvalue weighted by atomic mass is 10.1. The van der Waals surface area contributed by atoms with Crippen LogP contribution in [0.3, 0.4) is 0 Å². The minimum Gasteiger partial charge on any atom is -0.392 e. The molecule has 2 N–H and O–H groups in total. The van der Waals surface area contributed by atoms with Gasteiger partial charge in [0, 0.05) is 11.4 Å². The Morgan fingerprint density at radius 1 is 1.24 bits per heavy atom. The van der Waals surface area contributed by atoms with E-state index in [-0.39, 0.29) is 0 Å². The second-order valence-electron chi connectivity index (χ2n) is 5.05. The molecule has 0 fully saturated rings. The summed E-state index contributed by atoms with van der Waals surface area (Å²) in [6, 6.07) is 10.3. The lowest BCUT2D eigenvalue weighted by Crippen LogP contribution is -2.16. The van der Waals surface area contributed by atoms with Crippen molar-refractivity contribution >= 4 is 27.4 Å². The van der Waals surface area contributed by atoms with Crippen LogP contribution in [0.4, 0.5) is 5.82 Å². The number of nitrogens with zero attached hydrogens (tertiary/aromatic N) is 2. The highest BCUT2D eigenvalue weighted by atomic mass is 32.1. The fourth-order valence-corrected chi connectivity index (χ4v) is 3.47. The highest BCUT2D eigenvalue weighted by Crippen LogP contribution is 2.39. The largest absolute Gasteiger partial charge is 0.392 e. The third kappa shape index (κ3) is 2.75. The molecule has 0 aliphatic carbocycles. The molecule has 2 heterocycles. The average Bonchev–Trinajstić information content (AvgIpc) is 2.84. The zero-order valence-corrected chi connectivity index (χ0v) is 12.8. The maximum atomic E-state index is 9.43. The number of fused-ring (bicyclic) bond motifs is 1. The van der Waals surface area contributed by atoms with E-state index in [1.54, 1.807) is 24.6 Å². The first-order valence-electron chi connectivity index (χ1n) is 6.88. The number of benzene rings is 1. The van der Waals surface area contributed by atoms with Gasteiger partial charge in [0.1, 0.15) is 17.0 Å². The van der Waals surface area contributed by atoms with Gasteiger partial charge in [-0.1, -0.05) is 30.3 Å².